The normalized spacial score (nSPS) is 16.3. The first kappa shape index (κ1) is 18.7. The average molecular weight is 408 g/mol. The molecule has 5 rings (SSSR count). The Kier molecular flexibility index (Phi) is 5.10. The second kappa shape index (κ2) is 8.19. The molecule has 3 aromatic rings. The average Bonchev–Trinajstić information content (AvgIpc) is 3.18. The van der Waals surface area contributed by atoms with E-state index in [2.05, 4.69) is 20.8 Å². The van der Waals surface area contributed by atoms with Gasteiger partial charge >= 0.3 is 0 Å². The van der Waals surface area contributed by atoms with Gasteiger partial charge in [-0.1, -0.05) is 0 Å². The first-order chi connectivity index (χ1) is 14.7. The lowest BCUT2D eigenvalue weighted by molar-refractivity contribution is 0.0904. The molecule has 1 saturated heterocycles. The molecule has 2 aromatic heterocycles. The summed E-state index contributed by atoms with van der Waals surface area (Å²) in [6.07, 6.45) is 1.90. The van der Waals surface area contributed by atoms with Crippen molar-refractivity contribution >= 4 is 17.5 Å². The standard InChI is InChI=1S/C21H24N6O3/c1-13-10-20(27-26-13)23-19-12-18(22-15-4-6-28-7-5-15)24-21(25-19)14-2-3-16-17(11-14)30-9-8-29-16/h2-3,10-12,15H,4-9H2,1H3,(H3,22,23,24,25,26,27). The summed E-state index contributed by atoms with van der Waals surface area (Å²) in [5.74, 6) is 4.18. The van der Waals surface area contributed by atoms with E-state index < -0.39 is 0 Å². The van der Waals surface area contributed by atoms with Crippen LogP contribution in [0.1, 0.15) is 18.5 Å². The molecule has 0 radical (unpaired) electrons. The molecule has 0 bridgehead atoms. The predicted molar refractivity (Wildman–Crippen MR) is 113 cm³/mol. The van der Waals surface area contributed by atoms with Crippen molar-refractivity contribution in [1.82, 2.24) is 20.2 Å². The number of ether oxygens (including phenoxy) is 3. The van der Waals surface area contributed by atoms with E-state index in [1.54, 1.807) is 0 Å². The second-order valence-corrected chi connectivity index (χ2v) is 7.41. The molecule has 1 fully saturated rings. The molecule has 0 unspecified atom stereocenters. The van der Waals surface area contributed by atoms with Crippen LogP contribution in [-0.2, 0) is 4.74 Å². The number of aromatic nitrogens is 4. The minimum Gasteiger partial charge on any atom is -0.486 e. The van der Waals surface area contributed by atoms with Gasteiger partial charge < -0.3 is 24.8 Å². The fraction of sp³-hybridized carbons (Fsp3) is 0.381. The van der Waals surface area contributed by atoms with Gasteiger partial charge in [-0.15, -0.1) is 0 Å². The topological polar surface area (TPSA) is 106 Å². The zero-order valence-electron chi connectivity index (χ0n) is 16.8. The molecule has 0 aliphatic carbocycles. The highest BCUT2D eigenvalue weighted by molar-refractivity contribution is 5.66. The van der Waals surface area contributed by atoms with Gasteiger partial charge in [0.1, 0.15) is 24.8 Å². The number of nitrogens with zero attached hydrogens (tertiary/aromatic N) is 3. The highest BCUT2D eigenvalue weighted by atomic mass is 16.6. The van der Waals surface area contributed by atoms with Crippen LogP contribution in [0.5, 0.6) is 11.5 Å². The number of hydrogen-bond donors (Lipinski definition) is 3. The number of anilines is 3. The van der Waals surface area contributed by atoms with Gasteiger partial charge in [-0.3, -0.25) is 5.10 Å². The van der Waals surface area contributed by atoms with Crippen LogP contribution in [0.4, 0.5) is 17.5 Å². The van der Waals surface area contributed by atoms with Crippen LogP contribution >= 0.6 is 0 Å². The zero-order valence-corrected chi connectivity index (χ0v) is 16.8. The molecule has 156 valence electrons. The largest absolute Gasteiger partial charge is 0.486 e. The van der Waals surface area contributed by atoms with Crippen molar-refractivity contribution in [2.24, 2.45) is 0 Å². The van der Waals surface area contributed by atoms with Gasteiger partial charge in [0.2, 0.25) is 0 Å². The Morgan fingerprint density at radius 2 is 1.70 bits per heavy atom. The second-order valence-electron chi connectivity index (χ2n) is 7.41. The molecule has 1 aromatic carbocycles. The fourth-order valence-electron chi connectivity index (χ4n) is 3.56. The molecular formula is C21H24N6O3. The van der Waals surface area contributed by atoms with Crippen LogP contribution in [0, 0.1) is 6.92 Å². The van der Waals surface area contributed by atoms with Crippen LogP contribution in [0.2, 0.25) is 0 Å². The smallest absolute Gasteiger partial charge is 0.164 e. The summed E-state index contributed by atoms with van der Waals surface area (Å²) in [5.41, 5.74) is 1.83. The molecule has 2 aliphatic heterocycles. The van der Waals surface area contributed by atoms with E-state index in [1.165, 1.54) is 0 Å². The van der Waals surface area contributed by atoms with E-state index in [1.807, 2.05) is 37.3 Å². The summed E-state index contributed by atoms with van der Waals surface area (Å²) in [6.45, 7) is 4.57. The van der Waals surface area contributed by atoms with Crippen molar-refractivity contribution < 1.29 is 14.2 Å². The van der Waals surface area contributed by atoms with Crippen molar-refractivity contribution in [3.63, 3.8) is 0 Å². The SMILES string of the molecule is Cc1cc(Nc2cc(NC3CCOCC3)nc(-c3ccc4c(c3)OCCO4)n2)n[nH]1. The quantitative estimate of drug-likeness (QED) is 0.591. The molecule has 0 amide bonds. The maximum absolute atomic E-state index is 5.73. The first-order valence-electron chi connectivity index (χ1n) is 10.2. The predicted octanol–water partition coefficient (Wildman–Crippen LogP) is 3.28. The van der Waals surface area contributed by atoms with Crippen molar-refractivity contribution in [2.45, 2.75) is 25.8 Å². The van der Waals surface area contributed by atoms with E-state index in [0.29, 0.717) is 42.5 Å². The van der Waals surface area contributed by atoms with Crippen LogP contribution in [0.3, 0.4) is 0 Å². The Morgan fingerprint density at radius 3 is 2.50 bits per heavy atom. The maximum atomic E-state index is 5.73. The van der Waals surface area contributed by atoms with Crippen LogP contribution < -0.4 is 20.1 Å². The molecule has 9 heteroatoms. The molecule has 4 heterocycles. The number of aryl methyl sites for hydroxylation is 1. The first-order valence-corrected chi connectivity index (χ1v) is 10.2. The molecule has 0 spiro atoms. The van der Waals surface area contributed by atoms with Gasteiger partial charge in [0.25, 0.3) is 0 Å². The number of aromatic amines is 1. The van der Waals surface area contributed by atoms with Crippen molar-refractivity contribution in [2.75, 3.05) is 37.1 Å². The van der Waals surface area contributed by atoms with E-state index in [0.717, 1.165) is 48.9 Å². The van der Waals surface area contributed by atoms with Gasteiger partial charge in [-0.05, 0) is 38.0 Å². The van der Waals surface area contributed by atoms with Crippen molar-refractivity contribution in [1.29, 1.82) is 0 Å². The lowest BCUT2D eigenvalue weighted by Crippen LogP contribution is -2.28. The number of rotatable bonds is 5. The van der Waals surface area contributed by atoms with Gasteiger partial charge in [-0.25, -0.2) is 9.97 Å². The Morgan fingerprint density at radius 1 is 0.900 bits per heavy atom. The molecule has 3 N–H and O–H groups in total. The van der Waals surface area contributed by atoms with E-state index in [4.69, 9.17) is 24.2 Å². The van der Waals surface area contributed by atoms with Crippen LogP contribution in [-0.4, -0.2) is 52.6 Å². The van der Waals surface area contributed by atoms with E-state index in [9.17, 15) is 0 Å². The van der Waals surface area contributed by atoms with E-state index >= 15 is 0 Å². The third-order valence-corrected chi connectivity index (χ3v) is 5.06. The number of hydrogen-bond acceptors (Lipinski definition) is 8. The molecule has 30 heavy (non-hydrogen) atoms. The third kappa shape index (κ3) is 4.16. The minimum absolute atomic E-state index is 0.322. The van der Waals surface area contributed by atoms with Gasteiger partial charge in [0.15, 0.2) is 23.1 Å². The summed E-state index contributed by atoms with van der Waals surface area (Å²) >= 11 is 0. The maximum Gasteiger partial charge on any atom is 0.164 e. The summed E-state index contributed by atoms with van der Waals surface area (Å²) in [7, 11) is 0. The molecule has 0 saturated carbocycles. The Labute approximate surface area is 174 Å². The summed E-state index contributed by atoms with van der Waals surface area (Å²) in [5, 5.41) is 14.0. The molecule has 9 nitrogen and oxygen atoms in total. The van der Waals surface area contributed by atoms with E-state index in [-0.39, 0.29) is 0 Å². The van der Waals surface area contributed by atoms with Crippen LogP contribution in [0.15, 0.2) is 30.3 Å². The lowest BCUT2D eigenvalue weighted by atomic mass is 10.1. The minimum atomic E-state index is 0.322. The Bertz CT molecular complexity index is 1030. The molecule has 2 aliphatic rings. The zero-order chi connectivity index (χ0) is 20.3. The highest BCUT2D eigenvalue weighted by Gasteiger charge is 2.18. The van der Waals surface area contributed by atoms with Crippen molar-refractivity contribution in [3.8, 4) is 22.9 Å². The Hall–Kier alpha value is -3.33. The van der Waals surface area contributed by atoms with Gasteiger partial charge in [0, 0.05) is 42.6 Å². The number of nitrogens with one attached hydrogen (secondary N) is 3. The number of H-pyrrole nitrogens is 1. The molecular weight excluding hydrogens is 384 g/mol. The highest BCUT2D eigenvalue weighted by Crippen LogP contribution is 2.34. The van der Waals surface area contributed by atoms with Crippen molar-refractivity contribution in [3.05, 3.63) is 36.0 Å². The molecule has 0 atom stereocenters. The van der Waals surface area contributed by atoms with Gasteiger partial charge in [-0.2, -0.15) is 5.10 Å². The summed E-state index contributed by atoms with van der Waals surface area (Å²) < 4.78 is 16.8. The summed E-state index contributed by atoms with van der Waals surface area (Å²) in [4.78, 5) is 9.48. The Balaban J connectivity index is 1.48. The summed E-state index contributed by atoms with van der Waals surface area (Å²) in [6, 6.07) is 9.92. The monoisotopic (exact) mass is 408 g/mol. The number of benzene rings is 1. The lowest BCUT2D eigenvalue weighted by Gasteiger charge is -2.24. The van der Waals surface area contributed by atoms with Gasteiger partial charge in [0.05, 0.1) is 0 Å². The fourth-order valence-corrected chi connectivity index (χ4v) is 3.56. The van der Waals surface area contributed by atoms with Crippen LogP contribution in [0.25, 0.3) is 11.4 Å². The third-order valence-electron chi connectivity index (χ3n) is 5.06. The number of fused-ring (bicyclic) bond motifs is 1.